The molecule has 142 valence electrons. The minimum absolute atomic E-state index is 0.374. The maximum Gasteiger partial charge on any atom is 0.219 e. The first-order valence-corrected chi connectivity index (χ1v) is 10.1. The topological polar surface area (TPSA) is 35.0 Å². The lowest BCUT2D eigenvalue weighted by atomic mass is 9.73. The van der Waals surface area contributed by atoms with Gasteiger partial charge in [0.05, 0.1) is 7.11 Å². The molecule has 0 spiro atoms. The Morgan fingerprint density at radius 1 is 0.923 bits per heavy atom. The molecule has 0 radical (unpaired) electrons. The van der Waals surface area contributed by atoms with E-state index in [1.807, 2.05) is 0 Å². The van der Waals surface area contributed by atoms with Crippen molar-refractivity contribution in [1.29, 1.82) is 0 Å². The van der Waals surface area contributed by atoms with Crippen LogP contribution in [0.2, 0.25) is 0 Å². The van der Waals surface area contributed by atoms with E-state index in [4.69, 9.17) is 4.74 Å². The van der Waals surface area contributed by atoms with Crippen molar-refractivity contribution in [3.63, 3.8) is 0 Å². The minimum atomic E-state index is 0.374. The molecule has 2 aromatic rings. The Balaban J connectivity index is 2.66. The number of benzene rings is 1. The molecule has 0 fully saturated rings. The molecule has 2 atom stereocenters. The molecule has 0 aliphatic heterocycles. The zero-order chi connectivity index (χ0) is 19.1. The van der Waals surface area contributed by atoms with E-state index in [-0.39, 0.29) is 0 Å². The molecule has 3 heteroatoms. The number of methoxy groups -OCH3 is 1. The molecule has 3 nitrogen and oxygen atoms in total. The molecular weight excluding hydrogens is 320 g/mol. The van der Waals surface area contributed by atoms with Gasteiger partial charge in [-0.3, -0.25) is 0 Å². The van der Waals surface area contributed by atoms with Gasteiger partial charge in [0.25, 0.3) is 0 Å². The summed E-state index contributed by atoms with van der Waals surface area (Å²) in [6.07, 6.45) is 7.10. The van der Waals surface area contributed by atoms with Gasteiger partial charge in [0.2, 0.25) is 5.88 Å². The van der Waals surface area contributed by atoms with Gasteiger partial charge in [0, 0.05) is 11.3 Å². The van der Waals surface area contributed by atoms with Crippen LogP contribution < -0.4 is 4.74 Å². The molecule has 26 heavy (non-hydrogen) atoms. The molecule has 1 heterocycles. The third-order valence-electron chi connectivity index (χ3n) is 5.56. The summed E-state index contributed by atoms with van der Waals surface area (Å²) in [6, 6.07) is 6.80. The van der Waals surface area contributed by atoms with Crippen LogP contribution in [0.5, 0.6) is 5.88 Å². The smallest absolute Gasteiger partial charge is 0.219 e. The van der Waals surface area contributed by atoms with Crippen molar-refractivity contribution in [2.24, 2.45) is 0 Å². The quantitative estimate of drug-likeness (QED) is 0.554. The Bertz CT molecular complexity index is 689. The van der Waals surface area contributed by atoms with Gasteiger partial charge < -0.3 is 4.74 Å². The van der Waals surface area contributed by atoms with E-state index in [1.165, 1.54) is 16.7 Å². The third-order valence-corrected chi connectivity index (χ3v) is 5.56. The zero-order valence-corrected chi connectivity index (χ0v) is 17.3. The summed E-state index contributed by atoms with van der Waals surface area (Å²) in [7, 11) is 1.71. The fourth-order valence-electron chi connectivity index (χ4n) is 4.36. The molecule has 0 N–H and O–H groups in total. The van der Waals surface area contributed by atoms with Crippen LogP contribution in [0.4, 0.5) is 0 Å². The first-order chi connectivity index (χ1) is 12.6. The number of aromatic nitrogens is 2. The number of hydrogen-bond acceptors (Lipinski definition) is 3. The summed E-state index contributed by atoms with van der Waals surface area (Å²) in [5.74, 6) is 1.57. The molecule has 0 saturated heterocycles. The molecule has 2 rings (SSSR count). The number of aryl methyl sites for hydroxylation is 3. The number of rotatable bonds is 9. The highest BCUT2D eigenvalue weighted by atomic mass is 16.5. The lowest BCUT2D eigenvalue weighted by Gasteiger charge is -2.31. The van der Waals surface area contributed by atoms with E-state index in [0.29, 0.717) is 11.8 Å². The fraction of sp³-hybridized carbons (Fsp3) is 0.565. The SMILES string of the molecule is CCCC(c1c(C)ncnc1OC)C(CC)c1c(CC)cccc1CC. The van der Waals surface area contributed by atoms with Gasteiger partial charge in [0.15, 0.2) is 0 Å². The maximum absolute atomic E-state index is 5.65. The molecule has 0 aliphatic carbocycles. The van der Waals surface area contributed by atoms with Crippen molar-refractivity contribution in [2.45, 2.75) is 78.6 Å². The Hall–Kier alpha value is -1.90. The first kappa shape index (κ1) is 20.4. The van der Waals surface area contributed by atoms with Crippen molar-refractivity contribution < 1.29 is 4.74 Å². The normalized spacial score (nSPS) is 13.5. The van der Waals surface area contributed by atoms with E-state index < -0.39 is 0 Å². The standard InChI is InChI=1S/C23H34N2O/c1-7-12-20(21-16(5)24-15-25-23(21)26-6)19(10-4)22-17(8-2)13-11-14-18(22)9-3/h11,13-15,19-20H,7-10,12H2,1-6H3. The highest BCUT2D eigenvalue weighted by Gasteiger charge is 2.30. The Kier molecular flexibility index (Phi) is 7.62. The van der Waals surface area contributed by atoms with Crippen molar-refractivity contribution in [2.75, 3.05) is 7.11 Å². The average Bonchev–Trinajstić information content (AvgIpc) is 2.67. The van der Waals surface area contributed by atoms with E-state index >= 15 is 0 Å². The van der Waals surface area contributed by atoms with Crippen LogP contribution >= 0.6 is 0 Å². The van der Waals surface area contributed by atoms with Gasteiger partial charge in [-0.2, -0.15) is 0 Å². The molecule has 1 aromatic carbocycles. The van der Waals surface area contributed by atoms with Crippen molar-refractivity contribution >= 4 is 0 Å². The summed E-state index contributed by atoms with van der Waals surface area (Å²) < 4.78 is 5.65. The largest absolute Gasteiger partial charge is 0.481 e. The van der Waals surface area contributed by atoms with Gasteiger partial charge >= 0.3 is 0 Å². The molecule has 0 amide bonds. The second-order valence-electron chi connectivity index (χ2n) is 6.99. The highest BCUT2D eigenvalue weighted by Crippen LogP contribution is 2.44. The Morgan fingerprint density at radius 3 is 2.08 bits per heavy atom. The zero-order valence-electron chi connectivity index (χ0n) is 17.3. The van der Waals surface area contributed by atoms with Crippen molar-refractivity contribution in [1.82, 2.24) is 9.97 Å². The van der Waals surface area contributed by atoms with Gasteiger partial charge in [-0.15, -0.1) is 0 Å². The second kappa shape index (κ2) is 9.70. The minimum Gasteiger partial charge on any atom is -0.481 e. The van der Waals surface area contributed by atoms with Crippen LogP contribution in [0.1, 0.15) is 86.7 Å². The molecule has 0 bridgehead atoms. The summed E-state index contributed by atoms with van der Waals surface area (Å²) in [6.45, 7) is 11.2. The van der Waals surface area contributed by atoms with Crippen LogP contribution in [-0.4, -0.2) is 17.1 Å². The Morgan fingerprint density at radius 2 is 1.58 bits per heavy atom. The van der Waals surface area contributed by atoms with Gasteiger partial charge in [-0.05, 0) is 61.1 Å². The lowest BCUT2D eigenvalue weighted by Crippen LogP contribution is -2.17. The van der Waals surface area contributed by atoms with Gasteiger partial charge in [-0.1, -0.05) is 52.3 Å². The summed E-state index contributed by atoms with van der Waals surface area (Å²) >= 11 is 0. The average molecular weight is 355 g/mol. The fourth-order valence-corrected chi connectivity index (χ4v) is 4.36. The molecular formula is C23H34N2O. The van der Waals surface area contributed by atoms with Crippen molar-refractivity contribution in [3.05, 3.63) is 52.5 Å². The molecule has 0 saturated carbocycles. The third kappa shape index (κ3) is 4.08. The first-order valence-electron chi connectivity index (χ1n) is 10.1. The summed E-state index contributed by atoms with van der Waals surface area (Å²) in [4.78, 5) is 8.92. The van der Waals surface area contributed by atoms with Crippen LogP contribution in [-0.2, 0) is 12.8 Å². The van der Waals surface area contributed by atoms with E-state index in [0.717, 1.165) is 43.7 Å². The van der Waals surface area contributed by atoms with Gasteiger partial charge in [-0.25, -0.2) is 9.97 Å². The van der Waals surface area contributed by atoms with Gasteiger partial charge in [0.1, 0.15) is 6.33 Å². The Labute approximate surface area is 159 Å². The highest BCUT2D eigenvalue weighted by molar-refractivity contribution is 5.43. The predicted molar refractivity (Wildman–Crippen MR) is 109 cm³/mol. The number of nitrogens with zero attached hydrogens (tertiary/aromatic N) is 2. The van der Waals surface area contributed by atoms with Crippen LogP contribution in [0.3, 0.4) is 0 Å². The number of ether oxygens (including phenoxy) is 1. The molecule has 1 aromatic heterocycles. The lowest BCUT2D eigenvalue weighted by molar-refractivity contribution is 0.374. The van der Waals surface area contributed by atoms with E-state index in [2.05, 4.69) is 62.8 Å². The van der Waals surface area contributed by atoms with Crippen LogP contribution in [0.15, 0.2) is 24.5 Å². The van der Waals surface area contributed by atoms with Crippen LogP contribution in [0.25, 0.3) is 0 Å². The summed E-state index contributed by atoms with van der Waals surface area (Å²) in [5.41, 5.74) is 6.73. The predicted octanol–water partition coefficient (Wildman–Crippen LogP) is 6.00. The van der Waals surface area contributed by atoms with E-state index in [9.17, 15) is 0 Å². The monoisotopic (exact) mass is 354 g/mol. The maximum atomic E-state index is 5.65. The van der Waals surface area contributed by atoms with Crippen LogP contribution in [0, 0.1) is 6.92 Å². The summed E-state index contributed by atoms with van der Waals surface area (Å²) in [5, 5.41) is 0. The van der Waals surface area contributed by atoms with E-state index in [1.54, 1.807) is 19.0 Å². The molecule has 2 unspecified atom stereocenters. The molecule has 0 aliphatic rings. The second-order valence-corrected chi connectivity index (χ2v) is 6.99. The number of hydrogen-bond donors (Lipinski definition) is 0. The van der Waals surface area contributed by atoms with Crippen molar-refractivity contribution in [3.8, 4) is 5.88 Å².